The molecule has 0 spiro atoms. The fourth-order valence-electron chi connectivity index (χ4n) is 3.13. The molecule has 0 aliphatic carbocycles. The van der Waals surface area contributed by atoms with Gasteiger partial charge in [0.05, 0.1) is 6.10 Å². The van der Waals surface area contributed by atoms with E-state index in [0.29, 0.717) is 18.2 Å². The number of anilines is 1. The molecule has 3 nitrogen and oxygen atoms in total. The molecule has 1 saturated heterocycles. The number of ether oxygens (including phenoxy) is 1. The Bertz CT molecular complexity index is 774. The van der Waals surface area contributed by atoms with Gasteiger partial charge in [-0.15, -0.1) is 0 Å². The molecule has 2 aromatic carbocycles. The van der Waals surface area contributed by atoms with Crippen molar-refractivity contribution >= 4 is 23.0 Å². The van der Waals surface area contributed by atoms with Crippen LogP contribution in [0.4, 0.5) is 10.1 Å². The monoisotopic (exact) mass is 372 g/mol. The Morgan fingerprint density at radius 3 is 2.77 bits per heavy atom. The van der Waals surface area contributed by atoms with E-state index in [-0.39, 0.29) is 11.9 Å². The van der Waals surface area contributed by atoms with Crippen LogP contribution in [0.1, 0.15) is 29.5 Å². The Balaban J connectivity index is 1.74. The first-order valence-corrected chi connectivity index (χ1v) is 9.41. The molecule has 1 aliphatic rings. The Kier molecular flexibility index (Phi) is 6.22. The van der Waals surface area contributed by atoms with Gasteiger partial charge in [-0.05, 0) is 79.9 Å². The van der Waals surface area contributed by atoms with Crippen molar-refractivity contribution in [3.63, 3.8) is 0 Å². The van der Waals surface area contributed by atoms with Crippen LogP contribution in [0.2, 0.25) is 0 Å². The van der Waals surface area contributed by atoms with E-state index in [1.165, 1.54) is 17.2 Å². The van der Waals surface area contributed by atoms with E-state index in [1.54, 1.807) is 12.1 Å². The number of hydrogen-bond donors (Lipinski definition) is 1. The van der Waals surface area contributed by atoms with E-state index in [9.17, 15) is 4.39 Å². The number of hydrogen-bond acceptors (Lipinski definition) is 2. The molecule has 2 aromatic rings. The highest BCUT2D eigenvalue weighted by Crippen LogP contribution is 2.19. The van der Waals surface area contributed by atoms with Crippen molar-refractivity contribution in [2.75, 3.05) is 18.5 Å². The second-order valence-electron chi connectivity index (χ2n) is 6.87. The molecule has 1 aliphatic heterocycles. The van der Waals surface area contributed by atoms with E-state index < -0.39 is 0 Å². The minimum Gasteiger partial charge on any atom is -0.376 e. The summed E-state index contributed by atoms with van der Waals surface area (Å²) in [6, 6.07) is 12.9. The molecule has 0 amide bonds. The predicted molar refractivity (Wildman–Crippen MR) is 108 cm³/mol. The van der Waals surface area contributed by atoms with Crippen molar-refractivity contribution in [2.45, 2.75) is 39.3 Å². The third kappa shape index (κ3) is 5.02. The first-order valence-electron chi connectivity index (χ1n) is 9.00. The van der Waals surface area contributed by atoms with Gasteiger partial charge >= 0.3 is 0 Å². The molecule has 1 heterocycles. The summed E-state index contributed by atoms with van der Waals surface area (Å²) in [6.07, 6.45) is 2.28. The van der Waals surface area contributed by atoms with E-state index in [2.05, 4.69) is 36.2 Å². The maximum atomic E-state index is 13.6. The molecule has 0 aromatic heterocycles. The average Bonchev–Trinajstić information content (AvgIpc) is 3.11. The predicted octanol–water partition coefficient (Wildman–Crippen LogP) is 4.82. The lowest BCUT2D eigenvalue weighted by molar-refractivity contribution is 0.0905. The second kappa shape index (κ2) is 8.60. The molecule has 138 valence electrons. The number of nitrogens with one attached hydrogen (secondary N) is 1. The third-order valence-corrected chi connectivity index (χ3v) is 5.12. The van der Waals surface area contributed by atoms with Gasteiger partial charge in [-0.1, -0.05) is 18.2 Å². The lowest BCUT2D eigenvalue weighted by Crippen LogP contribution is -2.39. The summed E-state index contributed by atoms with van der Waals surface area (Å²) in [5.74, 6) is -0.229. The van der Waals surface area contributed by atoms with Crippen LogP contribution in [0, 0.1) is 19.7 Å². The first kappa shape index (κ1) is 18.8. The van der Waals surface area contributed by atoms with Gasteiger partial charge in [0.25, 0.3) is 0 Å². The molecule has 0 radical (unpaired) electrons. The minimum absolute atomic E-state index is 0.170. The number of aryl methyl sites for hydroxylation is 2. The standard InChI is InChI=1S/C21H25FN2OS/c1-15-8-9-19(11-16(15)2)23-21(26)24(14-20-7-4-10-25-20)13-17-5-3-6-18(22)12-17/h3,5-6,8-9,11-12,20H,4,7,10,13-14H2,1-2H3,(H,23,26). The van der Waals surface area contributed by atoms with Crippen LogP contribution in [0.15, 0.2) is 42.5 Å². The molecule has 26 heavy (non-hydrogen) atoms. The molecule has 1 fully saturated rings. The highest BCUT2D eigenvalue weighted by atomic mass is 32.1. The van der Waals surface area contributed by atoms with Gasteiger partial charge in [0.15, 0.2) is 5.11 Å². The number of halogens is 1. The molecule has 1 unspecified atom stereocenters. The maximum absolute atomic E-state index is 13.6. The Hall–Kier alpha value is -1.98. The van der Waals surface area contributed by atoms with Crippen LogP contribution in [-0.4, -0.2) is 29.3 Å². The van der Waals surface area contributed by atoms with Gasteiger partial charge in [-0.2, -0.15) is 0 Å². The van der Waals surface area contributed by atoms with Crippen LogP contribution in [-0.2, 0) is 11.3 Å². The number of thiocarbonyl (C=S) groups is 1. The molecular formula is C21H25FN2OS. The Morgan fingerprint density at radius 1 is 1.23 bits per heavy atom. The molecule has 5 heteroatoms. The third-order valence-electron chi connectivity index (χ3n) is 4.76. The molecule has 1 atom stereocenters. The van der Waals surface area contributed by atoms with Crippen LogP contribution in [0.3, 0.4) is 0 Å². The molecule has 3 rings (SSSR count). The molecule has 0 bridgehead atoms. The van der Waals surface area contributed by atoms with Gasteiger partial charge in [0.1, 0.15) is 5.82 Å². The summed E-state index contributed by atoms with van der Waals surface area (Å²) >= 11 is 5.67. The van der Waals surface area contributed by atoms with Crippen molar-refractivity contribution in [3.05, 3.63) is 65.0 Å². The summed E-state index contributed by atoms with van der Waals surface area (Å²) < 4.78 is 19.3. The molecule has 1 N–H and O–H groups in total. The second-order valence-corrected chi connectivity index (χ2v) is 7.26. The van der Waals surface area contributed by atoms with Crippen LogP contribution in [0.5, 0.6) is 0 Å². The van der Waals surface area contributed by atoms with Gasteiger partial charge < -0.3 is 15.0 Å². The molecule has 0 saturated carbocycles. The van der Waals surface area contributed by atoms with Crippen molar-refractivity contribution < 1.29 is 9.13 Å². The van der Waals surface area contributed by atoms with Gasteiger partial charge in [-0.25, -0.2) is 4.39 Å². The number of rotatable bonds is 5. The fourth-order valence-corrected chi connectivity index (χ4v) is 3.39. The topological polar surface area (TPSA) is 24.5 Å². The van der Waals surface area contributed by atoms with Gasteiger partial charge in [0, 0.05) is 25.4 Å². The van der Waals surface area contributed by atoms with Crippen molar-refractivity contribution in [2.24, 2.45) is 0 Å². The van der Waals surface area contributed by atoms with E-state index in [4.69, 9.17) is 17.0 Å². The van der Waals surface area contributed by atoms with Crippen LogP contribution < -0.4 is 5.32 Å². The van der Waals surface area contributed by atoms with E-state index >= 15 is 0 Å². The zero-order chi connectivity index (χ0) is 18.5. The van der Waals surface area contributed by atoms with E-state index in [1.807, 2.05) is 12.1 Å². The normalized spacial score (nSPS) is 16.5. The Morgan fingerprint density at radius 2 is 2.08 bits per heavy atom. The largest absolute Gasteiger partial charge is 0.376 e. The number of nitrogens with zero attached hydrogens (tertiary/aromatic N) is 1. The van der Waals surface area contributed by atoms with Crippen LogP contribution >= 0.6 is 12.2 Å². The van der Waals surface area contributed by atoms with Crippen molar-refractivity contribution in [1.82, 2.24) is 4.90 Å². The van der Waals surface area contributed by atoms with Crippen molar-refractivity contribution in [1.29, 1.82) is 0 Å². The SMILES string of the molecule is Cc1ccc(NC(=S)N(Cc2cccc(F)c2)CC2CCCO2)cc1C. The lowest BCUT2D eigenvalue weighted by Gasteiger charge is -2.28. The summed E-state index contributed by atoms with van der Waals surface area (Å²) in [4.78, 5) is 2.06. The van der Waals surface area contributed by atoms with Crippen molar-refractivity contribution in [3.8, 4) is 0 Å². The van der Waals surface area contributed by atoms with Crippen LogP contribution in [0.25, 0.3) is 0 Å². The maximum Gasteiger partial charge on any atom is 0.173 e. The van der Waals surface area contributed by atoms with E-state index in [0.717, 1.165) is 30.7 Å². The smallest absolute Gasteiger partial charge is 0.173 e. The molecular weight excluding hydrogens is 347 g/mol. The zero-order valence-electron chi connectivity index (χ0n) is 15.3. The fraction of sp³-hybridized carbons (Fsp3) is 0.381. The first-order chi connectivity index (χ1) is 12.5. The number of benzene rings is 2. The summed E-state index contributed by atoms with van der Waals surface area (Å²) in [7, 11) is 0. The summed E-state index contributed by atoms with van der Waals surface area (Å²) in [5.41, 5.74) is 4.33. The summed E-state index contributed by atoms with van der Waals surface area (Å²) in [6.45, 7) is 6.23. The highest BCUT2D eigenvalue weighted by Gasteiger charge is 2.21. The Labute approximate surface area is 160 Å². The van der Waals surface area contributed by atoms with Gasteiger partial charge in [-0.3, -0.25) is 0 Å². The zero-order valence-corrected chi connectivity index (χ0v) is 16.1. The average molecular weight is 373 g/mol. The highest BCUT2D eigenvalue weighted by molar-refractivity contribution is 7.80. The minimum atomic E-state index is -0.229. The summed E-state index contributed by atoms with van der Waals surface area (Å²) in [5, 5.41) is 3.96. The lowest BCUT2D eigenvalue weighted by atomic mass is 10.1. The quantitative estimate of drug-likeness (QED) is 0.761. The van der Waals surface area contributed by atoms with Gasteiger partial charge in [0.2, 0.25) is 0 Å².